The van der Waals surface area contributed by atoms with E-state index in [0.29, 0.717) is 29.4 Å². The molecule has 0 aromatic heterocycles. The fourth-order valence-electron chi connectivity index (χ4n) is 4.40. The minimum Gasteiger partial charge on any atom is -0.459 e. The molecule has 0 fully saturated rings. The van der Waals surface area contributed by atoms with E-state index in [0.717, 1.165) is 19.3 Å². The molecule has 186 valence electrons. The number of benzene rings is 2. The van der Waals surface area contributed by atoms with Crippen molar-refractivity contribution in [1.82, 2.24) is 0 Å². The van der Waals surface area contributed by atoms with Crippen LogP contribution < -0.4 is 0 Å². The monoisotopic (exact) mass is 466 g/mol. The summed E-state index contributed by atoms with van der Waals surface area (Å²) in [7, 11) is 0. The molecule has 34 heavy (non-hydrogen) atoms. The number of hydrogen-bond acceptors (Lipinski definition) is 4. The Morgan fingerprint density at radius 1 is 0.647 bits per heavy atom. The van der Waals surface area contributed by atoms with Crippen molar-refractivity contribution >= 4 is 11.9 Å². The molecule has 0 aliphatic rings. The first-order valence-corrected chi connectivity index (χ1v) is 12.7. The van der Waals surface area contributed by atoms with E-state index in [2.05, 4.69) is 27.7 Å². The standard InChI is InChI=1S/C30H42O4/c1-8-27(22(7)33-29(31)25-14-10-23(11-15-25)18-20(3)4)28(9-2)34-30(32)26-16-12-24(13-17-26)19-21(5)6/h10-17,20-22,27-28H,8-9,18-19H2,1-7H3. The maximum atomic E-state index is 12.8. The minimum atomic E-state index is -0.376. The molecule has 0 amide bonds. The van der Waals surface area contributed by atoms with Gasteiger partial charge in [-0.3, -0.25) is 0 Å². The second kappa shape index (κ2) is 13.3. The van der Waals surface area contributed by atoms with Gasteiger partial charge in [-0.15, -0.1) is 0 Å². The Morgan fingerprint density at radius 2 is 1.06 bits per heavy atom. The van der Waals surface area contributed by atoms with E-state index < -0.39 is 0 Å². The average Bonchev–Trinajstić information content (AvgIpc) is 2.78. The third-order valence-electron chi connectivity index (χ3n) is 6.17. The van der Waals surface area contributed by atoms with Gasteiger partial charge in [-0.1, -0.05) is 65.8 Å². The summed E-state index contributed by atoms with van der Waals surface area (Å²) in [6, 6.07) is 15.3. The number of ether oxygens (including phenoxy) is 2. The van der Waals surface area contributed by atoms with Crippen molar-refractivity contribution in [2.24, 2.45) is 17.8 Å². The zero-order chi connectivity index (χ0) is 25.3. The summed E-state index contributed by atoms with van der Waals surface area (Å²) in [4.78, 5) is 25.6. The molecule has 3 unspecified atom stereocenters. The summed E-state index contributed by atoms with van der Waals surface area (Å²) < 4.78 is 11.7. The zero-order valence-electron chi connectivity index (χ0n) is 22.0. The molecule has 0 N–H and O–H groups in total. The first kappa shape index (κ1) is 27.6. The lowest BCUT2D eigenvalue weighted by atomic mass is 9.92. The van der Waals surface area contributed by atoms with Gasteiger partial charge in [0.1, 0.15) is 12.2 Å². The lowest BCUT2D eigenvalue weighted by Gasteiger charge is -2.30. The van der Waals surface area contributed by atoms with Gasteiger partial charge in [0, 0.05) is 5.92 Å². The highest BCUT2D eigenvalue weighted by atomic mass is 16.6. The molecule has 0 bridgehead atoms. The van der Waals surface area contributed by atoms with E-state index in [4.69, 9.17) is 9.47 Å². The summed E-state index contributed by atoms with van der Waals surface area (Å²) in [6.45, 7) is 14.6. The second-order valence-corrected chi connectivity index (χ2v) is 10.1. The predicted octanol–water partition coefficient (Wildman–Crippen LogP) is 7.29. The Bertz CT molecular complexity index is 896. The third kappa shape index (κ3) is 8.30. The fraction of sp³-hybridized carbons (Fsp3) is 0.533. The molecule has 4 heteroatoms. The predicted molar refractivity (Wildman–Crippen MR) is 138 cm³/mol. The molecule has 0 aliphatic heterocycles. The average molecular weight is 467 g/mol. The van der Waals surface area contributed by atoms with E-state index in [1.54, 1.807) is 0 Å². The zero-order valence-corrected chi connectivity index (χ0v) is 22.0. The van der Waals surface area contributed by atoms with Gasteiger partial charge in [-0.25, -0.2) is 9.59 Å². The fourth-order valence-corrected chi connectivity index (χ4v) is 4.40. The Balaban J connectivity index is 2.01. The van der Waals surface area contributed by atoms with Gasteiger partial charge in [-0.2, -0.15) is 0 Å². The largest absolute Gasteiger partial charge is 0.459 e. The lowest BCUT2D eigenvalue weighted by Crippen LogP contribution is -2.36. The van der Waals surface area contributed by atoms with Gasteiger partial charge in [0.25, 0.3) is 0 Å². The number of rotatable bonds is 12. The van der Waals surface area contributed by atoms with E-state index >= 15 is 0 Å². The van der Waals surface area contributed by atoms with Crippen LogP contribution in [0.5, 0.6) is 0 Å². The molecule has 2 rings (SSSR count). The van der Waals surface area contributed by atoms with Crippen molar-refractivity contribution in [3.63, 3.8) is 0 Å². The molecule has 0 saturated heterocycles. The van der Waals surface area contributed by atoms with Gasteiger partial charge in [0.15, 0.2) is 0 Å². The van der Waals surface area contributed by atoms with Gasteiger partial charge < -0.3 is 9.47 Å². The van der Waals surface area contributed by atoms with Crippen LogP contribution in [-0.4, -0.2) is 24.1 Å². The molecule has 0 aliphatic carbocycles. The summed E-state index contributed by atoms with van der Waals surface area (Å²) >= 11 is 0. The molecule has 0 saturated carbocycles. The first-order valence-electron chi connectivity index (χ1n) is 12.7. The first-order chi connectivity index (χ1) is 16.1. The number of esters is 2. The SMILES string of the molecule is CCC(OC(=O)c1ccc(CC(C)C)cc1)C(CC)C(C)OC(=O)c1ccc(CC(C)C)cc1. The van der Waals surface area contributed by atoms with Gasteiger partial charge in [0.05, 0.1) is 11.1 Å². The highest BCUT2D eigenvalue weighted by Gasteiger charge is 2.30. The van der Waals surface area contributed by atoms with Crippen LogP contribution in [0, 0.1) is 17.8 Å². The molecule has 3 atom stereocenters. The number of carbonyl (C=O) groups excluding carboxylic acids is 2. The van der Waals surface area contributed by atoms with Crippen LogP contribution >= 0.6 is 0 Å². The van der Waals surface area contributed by atoms with Crippen LogP contribution in [0.2, 0.25) is 0 Å². The van der Waals surface area contributed by atoms with Crippen LogP contribution in [0.3, 0.4) is 0 Å². The minimum absolute atomic E-state index is 0.0849. The van der Waals surface area contributed by atoms with E-state index in [1.165, 1.54) is 11.1 Å². The van der Waals surface area contributed by atoms with Gasteiger partial charge in [0.2, 0.25) is 0 Å². The van der Waals surface area contributed by atoms with Crippen LogP contribution in [0.1, 0.15) is 93.2 Å². The number of hydrogen-bond donors (Lipinski definition) is 0. The maximum absolute atomic E-state index is 12.8. The summed E-state index contributed by atoms with van der Waals surface area (Å²) in [5.41, 5.74) is 3.51. The van der Waals surface area contributed by atoms with Crippen molar-refractivity contribution < 1.29 is 19.1 Å². The van der Waals surface area contributed by atoms with Crippen molar-refractivity contribution in [2.45, 2.75) is 86.4 Å². The molecule has 0 heterocycles. The third-order valence-corrected chi connectivity index (χ3v) is 6.17. The van der Waals surface area contributed by atoms with Crippen molar-refractivity contribution in [2.75, 3.05) is 0 Å². The van der Waals surface area contributed by atoms with Crippen molar-refractivity contribution in [3.05, 3.63) is 70.8 Å². The van der Waals surface area contributed by atoms with E-state index in [-0.39, 0.29) is 30.1 Å². The molecule has 0 radical (unpaired) electrons. The normalized spacial score (nSPS) is 14.0. The topological polar surface area (TPSA) is 52.6 Å². The highest BCUT2D eigenvalue weighted by Crippen LogP contribution is 2.24. The van der Waals surface area contributed by atoms with E-state index in [9.17, 15) is 9.59 Å². The quantitative estimate of drug-likeness (QED) is 0.308. The highest BCUT2D eigenvalue weighted by molar-refractivity contribution is 5.90. The van der Waals surface area contributed by atoms with Crippen molar-refractivity contribution in [3.8, 4) is 0 Å². The second-order valence-electron chi connectivity index (χ2n) is 10.1. The molecule has 2 aromatic rings. The van der Waals surface area contributed by atoms with Crippen molar-refractivity contribution in [1.29, 1.82) is 0 Å². The van der Waals surface area contributed by atoms with Crippen LogP contribution in [-0.2, 0) is 22.3 Å². The summed E-state index contributed by atoms with van der Waals surface area (Å²) in [5, 5.41) is 0. The molecular formula is C30H42O4. The van der Waals surface area contributed by atoms with Crippen LogP contribution in [0.25, 0.3) is 0 Å². The van der Waals surface area contributed by atoms with Gasteiger partial charge in [-0.05, 0) is 79.8 Å². The molecule has 4 nitrogen and oxygen atoms in total. The van der Waals surface area contributed by atoms with Crippen LogP contribution in [0.15, 0.2) is 48.5 Å². The Kier molecular flexibility index (Phi) is 10.8. The Labute approximate surface area is 206 Å². The Morgan fingerprint density at radius 3 is 1.41 bits per heavy atom. The molecule has 2 aromatic carbocycles. The van der Waals surface area contributed by atoms with Gasteiger partial charge >= 0.3 is 11.9 Å². The smallest absolute Gasteiger partial charge is 0.338 e. The molecule has 0 spiro atoms. The van der Waals surface area contributed by atoms with E-state index in [1.807, 2.05) is 69.3 Å². The molecular weight excluding hydrogens is 424 g/mol. The number of carbonyl (C=O) groups is 2. The summed E-state index contributed by atoms with van der Waals surface area (Å²) in [5.74, 6) is 0.368. The maximum Gasteiger partial charge on any atom is 0.338 e. The van der Waals surface area contributed by atoms with Crippen LogP contribution in [0.4, 0.5) is 0 Å². The Hall–Kier alpha value is -2.62. The lowest BCUT2D eigenvalue weighted by molar-refractivity contribution is -0.0298. The summed E-state index contributed by atoms with van der Waals surface area (Å²) in [6.07, 6.45) is 2.65.